The van der Waals surface area contributed by atoms with Crippen molar-refractivity contribution in [2.45, 2.75) is 17.7 Å². The molecule has 2 rings (SSSR count). The molecule has 0 aromatic heterocycles. The number of para-hydroxylation sites is 1. The summed E-state index contributed by atoms with van der Waals surface area (Å²) in [5, 5.41) is 2.49. The molecule has 0 saturated heterocycles. The van der Waals surface area contributed by atoms with Crippen LogP contribution in [0.3, 0.4) is 0 Å². The van der Waals surface area contributed by atoms with Gasteiger partial charge in [-0.1, -0.05) is 12.1 Å². The number of rotatable bonds is 5. The Balaban J connectivity index is 1.94. The van der Waals surface area contributed by atoms with E-state index >= 15 is 0 Å². The Morgan fingerprint density at radius 1 is 1.26 bits per heavy atom. The summed E-state index contributed by atoms with van der Waals surface area (Å²) < 4.78 is 8.40. The maximum atomic E-state index is 11.9. The molecule has 0 radical (unpaired) electrons. The highest BCUT2D eigenvalue weighted by Gasteiger charge is 2.69. The molecule has 1 aromatic rings. The summed E-state index contributed by atoms with van der Waals surface area (Å²) in [7, 11) is 1.24. The van der Waals surface area contributed by atoms with E-state index in [1.165, 1.54) is 19.2 Å². The minimum Gasteiger partial charge on any atom is -0.465 e. The van der Waals surface area contributed by atoms with Crippen molar-refractivity contribution in [2.75, 3.05) is 19.0 Å². The monoisotopic (exact) mass is 359 g/mol. The minimum atomic E-state index is -1.15. The van der Waals surface area contributed by atoms with Crippen molar-refractivity contribution in [3.05, 3.63) is 29.8 Å². The van der Waals surface area contributed by atoms with Crippen LogP contribution in [0.25, 0.3) is 0 Å². The van der Waals surface area contributed by atoms with Gasteiger partial charge in [-0.15, -0.1) is 23.2 Å². The number of nitrogens with one attached hydrogen (secondary N) is 1. The topological polar surface area (TPSA) is 81.7 Å². The smallest absolute Gasteiger partial charge is 0.339 e. The van der Waals surface area contributed by atoms with Crippen molar-refractivity contribution in [3.8, 4) is 0 Å². The Morgan fingerprint density at radius 3 is 2.43 bits per heavy atom. The lowest BCUT2D eigenvalue weighted by Crippen LogP contribution is -2.27. The molecule has 1 aromatic carbocycles. The zero-order valence-electron chi connectivity index (χ0n) is 12.5. The number of ether oxygens (including phenoxy) is 2. The van der Waals surface area contributed by atoms with Crippen LogP contribution in [0.5, 0.6) is 0 Å². The number of alkyl halides is 2. The molecule has 1 N–H and O–H groups in total. The van der Waals surface area contributed by atoms with E-state index in [1.807, 2.05) is 0 Å². The van der Waals surface area contributed by atoms with Gasteiger partial charge in [-0.2, -0.15) is 0 Å². The zero-order chi connectivity index (χ0) is 17.3. The molecule has 1 saturated carbocycles. The van der Waals surface area contributed by atoms with Gasteiger partial charge < -0.3 is 14.8 Å². The lowest BCUT2D eigenvalue weighted by atomic mass is 10.1. The Hall–Kier alpha value is -1.79. The average molecular weight is 360 g/mol. The second-order valence-electron chi connectivity index (χ2n) is 5.37. The summed E-state index contributed by atoms with van der Waals surface area (Å²) >= 11 is 11.7. The zero-order valence-corrected chi connectivity index (χ0v) is 14.0. The van der Waals surface area contributed by atoms with E-state index in [9.17, 15) is 14.4 Å². The summed E-state index contributed by atoms with van der Waals surface area (Å²) in [6.45, 7) is 1.06. The molecule has 0 unspecified atom stereocenters. The van der Waals surface area contributed by atoms with E-state index in [1.54, 1.807) is 19.1 Å². The van der Waals surface area contributed by atoms with Crippen LogP contribution in [0, 0.1) is 5.41 Å². The van der Waals surface area contributed by atoms with Crippen LogP contribution >= 0.6 is 23.2 Å². The number of carbonyl (C=O) groups excluding carboxylic acids is 3. The van der Waals surface area contributed by atoms with E-state index in [-0.39, 0.29) is 17.7 Å². The standard InChI is InChI=1S/C15H15Cl2NO5/c1-14(8-15(14,16)17)13(21)23-7-11(19)18-10-6-4-3-5-9(10)12(20)22-2/h3-6H,7-8H2,1-2H3,(H,18,19)/t14-/m1/s1. The quantitative estimate of drug-likeness (QED) is 0.645. The highest BCUT2D eigenvalue weighted by Crippen LogP contribution is 2.64. The molecule has 23 heavy (non-hydrogen) atoms. The van der Waals surface area contributed by atoms with Gasteiger partial charge in [-0.05, 0) is 19.1 Å². The predicted molar refractivity (Wildman–Crippen MR) is 84.5 cm³/mol. The number of methoxy groups -OCH3 is 1. The Bertz CT molecular complexity index is 661. The number of benzene rings is 1. The Labute approximate surface area is 143 Å². The van der Waals surface area contributed by atoms with E-state index < -0.39 is 34.2 Å². The number of anilines is 1. The first-order chi connectivity index (χ1) is 10.7. The largest absolute Gasteiger partial charge is 0.465 e. The molecule has 0 spiro atoms. The van der Waals surface area contributed by atoms with E-state index in [0.29, 0.717) is 0 Å². The molecule has 124 valence electrons. The van der Waals surface area contributed by atoms with Crippen LogP contribution in [-0.2, 0) is 19.1 Å². The van der Waals surface area contributed by atoms with Gasteiger partial charge in [0.25, 0.3) is 5.91 Å². The van der Waals surface area contributed by atoms with Crippen LogP contribution in [0.1, 0.15) is 23.7 Å². The normalized spacial score (nSPS) is 21.2. The molecule has 1 aliphatic rings. The molecule has 6 nitrogen and oxygen atoms in total. The summed E-state index contributed by atoms with van der Waals surface area (Å²) in [4.78, 5) is 35.4. The fraction of sp³-hybridized carbons (Fsp3) is 0.400. The van der Waals surface area contributed by atoms with Crippen LogP contribution in [0.15, 0.2) is 24.3 Å². The Kier molecular flexibility index (Phi) is 4.87. The summed E-state index contributed by atoms with van der Waals surface area (Å²) in [5.74, 6) is -1.81. The molecule has 8 heteroatoms. The number of hydrogen-bond acceptors (Lipinski definition) is 5. The van der Waals surface area contributed by atoms with Crippen molar-refractivity contribution in [1.82, 2.24) is 0 Å². The lowest BCUT2D eigenvalue weighted by molar-refractivity contribution is -0.152. The number of carbonyl (C=O) groups is 3. The van der Waals surface area contributed by atoms with Crippen LogP contribution in [-0.4, -0.2) is 35.9 Å². The van der Waals surface area contributed by atoms with Gasteiger partial charge >= 0.3 is 11.9 Å². The molecule has 0 bridgehead atoms. The van der Waals surface area contributed by atoms with Gasteiger partial charge in [-0.25, -0.2) is 4.79 Å². The fourth-order valence-electron chi connectivity index (χ4n) is 1.98. The number of halogens is 2. The van der Waals surface area contributed by atoms with Crippen LogP contribution < -0.4 is 5.32 Å². The lowest BCUT2D eigenvalue weighted by Gasteiger charge is -2.13. The van der Waals surface area contributed by atoms with Crippen molar-refractivity contribution in [2.24, 2.45) is 5.41 Å². The third-order valence-electron chi connectivity index (χ3n) is 3.65. The number of esters is 2. The first-order valence-electron chi connectivity index (χ1n) is 6.73. The minimum absolute atomic E-state index is 0.198. The molecule has 0 aliphatic heterocycles. The van der Waals surface area contributed by atoms with Gasteiger partial charge in [-0.3, -0.25) is 9.59 Å². The molecule has 0 heterocycles. The predicted octanol–water partition coefficient (Wildman–Crippen LogP) is 2.54. The summed E-state index contributed by atoms with van der Waals surface area (Å²) in [5.41, 5.74) is -0.535. The first kappa shape index (κ1) is 17.6. The van der Waals surface area contributed by atoms with Gasteiger partial charge in [0.15, 0.2) is 6.61 Å². The van der Waals surface area contributed by atoms with Crippen molar-refractivity contribution in [1.29, 1.82) is 0 Å². The average Bonchev–Trinajstić information content (AvgIpc) is 3.04. The van der Waals surface area contributed by atoms with Gasteiger partial charge in [0, 0.05) is 6.42 Å². The Morgan fingerprint density at radius 2 is 1.87 bits per heavy atom. The van der Waals surface area contributed by atoms with Crippen LogP contribution in [0.2, 0.25) is 0 Å². The molecule has 1 fully saturated rings. The maximum Gasteiger partial charge on any atom is 0.339 e. The van der Waals surface area contributed by atoms with Crippen molar-refractivity contribution >= 4 is 46.7 Å². The third-order valence-corrected chi connectivity index (χ3v) is 4.75. The van der Waals surface area contributed by atoms with E-state index in [0.717, 1.165) is 0 Å². The van der Waals surface area contributed by atoms with Crippen molar-refractivity contribution in [3.63, 3.8) is 0 Å². The summed E-state index contributed by atoms with van der Waals surface area (Å²) in [6, 6.07) is 6.33. The fourth-order valence-corrected chi connectivity index (χ4v) is 2.67. The molecule has 1 amide bonds. The van der Waals surface area contributed by atoms with Gasteiger partial charge in [0.05, 0.1) is 18.4 Å². The van der Waals surface area contributed by atoms with E-state index in [4.69, 9.17) is 27.9 Å². The van der Waals surface area contributed by atoms with Crippen LogP contribution in [0.4, 0.5) is 5.69 Å². The molecular formula is C15H15Cl2NO5. The number of amides is 1. The van der Waals surface area contributed by atoms with Gasteiger partial charge in [0.1, 0.15) is 9.75 Å². The van der Waals surface area contributed by atoms with Gasteiger partial charge in [0.2, 0.25) is 0 Å². The SMILES string of the molecule is COC(=O)c1ccccc1NC(=O)COC(=O)[C@@]1(C)CC1(Cl)Cl. The molecule has 1 atom stereocenters. The van der Waals surface area contributed by atoms with Crippen molar-refractivity contribution < 1.29 is 23.9 Å². The maximum absolute atomic E-state index is 11.9. The summed E-state index contributed by atoms with van der Waals surface area (Å²) in [6.07, 6.45) is 0.273. The number of hydrogen-bond donors (Lipinski definition) is 1. The highest BCUT2D eigenvalue weighted by atomic mass is 35.5. The molecule has 1 aliphatic carbocycles. The third kappa shape index (κ3) is 3.59. The second-order valence-corrected chi connectivity index (χ2v) is 6.86. The van der Waals surface area contributed by atoms with E-state index in [2.05, 4.69) is 10.1 Å². The molecular weight excluding hydrogens is 345 g/mol. The highest BCUT2D eigenvalue weighted by molar-refractivity contribution is 6.53. The first-order valence-corrected chi connectivity index (χ1v) is 7.49. The second kappa shape index (κ2) is 6.37.